The summed E-state index contributed by atoms with van der Waals surface area (Å²) >= 11 is 0. The van der Waals surface area contributed by atoms with Gasteiger partial charge in [-0.2, -0.15) is 0 Å². The Balaban J connectivity index is 2.26. The fraction of sp³-hybridized carbons (Fsp3) is 0.857. The maximum atomic E-state index is 12.0. The molecule has 0 aromatic carbocycles. The molecule has 6 heteroatoms. The van der Waals surface area contributed by atoms with Crippen LogP contribution in [0.3, 0.4) is 0 Å². The number of carboxylic acid groups (broad SMARTS) is 1. The number of nitrogens with zero attached hydrogens (tertiary/aromatic N) is 1. The molecular formula is C14H26N2O4. The minimum absolute atomic E-state index is 0.0328. The molecule has 0 aliphatic carbocycles. The highest BCUT2D eigenvalue weighted by atomic mass is 16.5. The monoisotopic (exact) mass is 286 g/mol. The van der Waals surface area contributed by atoms with Crippen LogP contribution in [0, 0.1) is 5.92 Å². The number of amides is 1. The average Bonchev–Trinajstić information content (AvgIpc) is 2.45. The van der Waals surface area contributed by atoms with E-state index in [2.05, 4.69) is 5.32 Å². The Morgan fingerprint density at radius 2 is 2.05 bits per heavy atom. The van der Waals surface area contributed by atoms with Gasteiger partial charge in [-0.25, -0.2) is 0 Å². The van der Waals surface area contributed by atoms with Gasteiger partial charge in [0.25, 0.3) is 0 Å². The molecule has 1 aliphatic heterocycles. The minimum Gasteiger partial charge on any atom is -0.481 e. The molecule has 0 bridgehead atoms. The predicted octanol–water partition coefficient (Wildman–Crippen LogP) is 0.714. The molecule has 1 rings (SSSR count). The topological polar surface area (TPSA) is 78.9 Å². The lowest BCUT2D eigenvalue weighted by Crippen LogP contribution is -2.38. The lowest BCUT2D eigenvalue weighted by Gasteiger charge is -2.25. The Bertz CT molecular complexity index is 316. The number of ether oxygens (including phenoxy) is 1. The lowest BCUT2D eigenvalue weighted by atomic mass is 10.1. The molecule has 1 unspecified atom stereocenters. The van der Waals surface area contributed by atoms with Crippen LogP contribution in [0.25, 0.3) is 0 Å². The lowest BCUT2D eigenvalue weighted by molar-refractivity contribution is -0.143. The maximum absolute atomic E-state index is 12.0. The first-order chi connectivity index (χ1) is 9.54. The first-order valence-corrected chi connectivity index (χ1v) is 7.37. The van der Waals surface area contributed by atoms with E-state index in [9.17, 15) is 9.59 Å². The molecule has 116 valence electrons. The summed E-state index contributed by atoms with van der Waals surface area (Å²) in [7, 11) is 0. The largest absolute Gasteiger partial charge is 0.481 e. The Morgan fingerprint density at radius 3 is 2.60 bits per heavy atom. The molecule has 0 aromatic heterocycles. The number of piperidine rings is 1. The highest BCUT2D eigenvalue weighted by Gasteiger charge is 2.20. The number of nitrogens with one attached hydrogen (secondary N) is 1. The van der Waals surface area contributed by atoms with Gasteiger partial charge in [-0.15, -0.1) is 0 Å². The molecule has 0 radical (unpaired) electrons. The molecule has 6 nitrogen and oxygen atoms in total. The summed E-state index contributed by atoms with van der Waals surface area (Å²) in [6.45, 7) is 6.62. The van der Waals surface area contributed by atoms with Crippen LogP contribution in [-0.2, 0) is 14.3 Å². The van der Waals surface area contributed by atoms with Crippen molar-refractivity contribution in [3.05, 3.63) is 0 Å². The maximum Gasteiger partial charge on any atom is 0.308 e. The van der Waals surface area contributed by atoms with Gasteiger partial charge in [0, 0.05) is 13.1 Å². The quantitative estimate of drug-likeness (QED) is 0.687. The van der Waals surface area contributed by atoms with Crippen LogP contribution in [-0.4, -0.2) is 60.8 Å². The van der Waals surface area contributed by atoms with Crippen LogP contribution >= 0.6 is 0 Å². The van der Waals surface area contributed by atoms with Gasteiger partial charge in [-0.05, 0) is 32.9 Å². The van der Waals surface area contributed by atoms with Crippen molar-refractivity contribution in [1.29, 1.82) is 0 Å². The highest BCUT2D eigenvalue weighted by molar-refractivity contribution is 5.77. The van der Waals surface area contributed by atoms with Crippen molar-refractivity contribution in [3.63, 3.8) is 0 Å². The molecule has 2 N–H and O–H groups in total. The van der Waals surface area contributed by atoms with Gasteiger partial charge in [0.2, 0.25) is 5.91 Å². The van der Waals surface area contributed by atoms with Crippen molar-refractivity contribution in [2.75, 3.05) is 32.8 Å². The number of carbonyl (C=O) groups excluding carboxylic acids is 1. The van der Waals surface area contributed by atoms with Gasteiger partial charge >= 0.3 is 5.97 Å². The molecule has 1 saturated heterocycles. The third-order valence-corrected chi connectivity index (χ3v) is 3.61. The summed E-state index contributed by atoms with van der Waals surface area (Å²) in [6, 6.07) is 0. The molecule has 1 atom stereocenters. The Labute approximate surface area is 120 Å². The Kier molecular flexibility index (Phi) is 7.54. The number of carboxylic acids is 1. The van der Waals surface area contributed by atoms with E-state index >= 15 is 0 Å². The minimum atomic E-state index is -0.873. The molecule has 0 aromatic rings. The summed E-state index contributed by atoms with van der Waals surface area (Å²) in [6.07, 6.45) is 2.55. The summed E-state index contributed by atoms with van der Waals surface area (Å²) in [5.41, 5.74) is 0. The van der Waals surface area contributed by atoms with Crippen molar-refractivity contribution in [2.24, 2.45) is 5.92 Å². The summed E-state index contributed by atoms with van der Waals surface area (Å²) in [4.78, 5) is 24.4. The van der Waals surface area contributed by atoms with E-state index in [4.69, 9.17) is 9.84 Å². The third-order valence-electron chi connectivity index (χ3n) is 3.61. The van der Waals surface area contributed by atoms with E-state index in [0.717, 1.165) is 25.9 Å². The van der Waals surface area contributed by atoms with Crippen molar-refractivity contribution in [3.8, 4) is 0 Å². The van der Waals surface area contributed by atoms with Crippen molar-refractivity contribution in [2.45, 2.75) is 39.2 Å². The number of rotatable bonds is 8. The molecular weight excluding hydrogens is 260 g/mol. The smallest absolute Gasteiger partial charge is 0.308 e. The third kappa shape index (κ3) is 5.88. The molecule has 20 heavy (non-hydrogen) atoms. The highest BCUT2D eigenvalue weighted by Crippen LogP contribution is 2.08. The Morgan fingerprint density at radius 1 is 1.40 bits per heavy atom. The van der Waals surface area contributed by atoms with Gasteiger partial charge in [0.05, 0.1) is 25.0 Å². The van der Waals surface area contributed by atoms with E-state index < -0.39 is 11.9 Å². The number of hydrogen-bond acceptors (Lipinski definition) is 4. The zero-order chi connectivity index (χ0) is 15.0. The van der Waals surface area contributed by atoms with Crippen LogP contribution in [0.4, 0.5) is 0 Å². The van der Waals surface area contributed by atoms with Crippen LogP contribution in [0.15, 0.2) is 0 Å². The predicted molar refractivity (Wildman–Crippen MR) is 75.5 cm³/mol. The average molecular weight is 286 g/mol. The second kappa shape index (κ2) is 8.92. The fourth-order valence-corrected chi connectivity index (χ4v) is 2.25. The molecule has 1 aliphatic rings. The van der Waals surface area contributed by atoms with Gasteiger partial charge in [-0.3, -0.25) is 9.59 Å². The Hall–Kier alpha value is -1.14. The van der Waals surface area contributed by atoms with Crippen LogP contribution < -0.4 is 5.32 Å². The van der Waals surface area contributed by atoms with Gasteiger partial charge in [-0.1, -0.05) is 6.92 Å². The summed E-state index contributed by atoms with van der Waals surface area (Å²) in [5.74, 6) is -1.44. The summed E-state index contributed by atoms with van der Waals surface area (Å²) < 4.78 is 5.70. The zero-order valence-corrected chi connectivity index (χ0v) is 12.4. The van der Waals surface area contributed by atoms with E-state index in [-0.39, 0.29) is 18.6 Å². The fourth-order valence-electron chi connectivity index (χ4n) is 2.25. The second-order valence-electron chi connectivity index (χ2n) is 5.24. The first kappa shape index (κ1) is 16.9. The molecule has 1 amide bonds. The van der Waals surface area contributed by atoms with E-state index in [1.54, 1.807) is 11.8 Å². The second-order valence-corrected chi connectivity index (χ2v) is 5.24. The first-order valence-electron chi connectivity index (χ1n) is 7.37. The van der Waals surface area contributed by atoms with E-state index in [0.29, 0.717) is 19.6 Å². The molecule has 1 fully saturated rings. The number of carbonyl (C=O) groups is 2. The van der Waals surface area contributed by atoms with Gasteiger partial charge in [0.15, 0.2) is 0 Å². The van der Waals surface area contributed by atoms with Crippen LogP contribution in [0.1, 0.15) is 33.1 Å². The van der Waals surface area contributed by atoms with Crippen LogP contribution in [0.5, 0.6) is 0 Å². The number of aliphatic carboxylic acids is 1. The summed E-state index contributed by atoms with van der Waals surface area (Å²) in [5, 5.41) is 12.1. The van der Waals surface area contributed by atoms with Crippen molar-refractivity contribution >= 4 is 11.9 Å². The van der Waals surface area contributed by atoms with Gasteiger partial charge < -0.3 is 20.1 Å². The SMILES string of the molecule is CCN(CC(C)C(=O)O)C(=O)CCOC1CCNCC1. The molecule has 1 heterocycles. The van der Waals surface area contributed by atoms with E-state index in [1.807, 2.05) is 6.92 Å². The zero-order valence-electron chi connectivity index (χ0n) is 12.4. The molecule has 0 spiro atoms. The normalized spacial score (nSPS) is 17.7. The van der Waals surface area contributed by atoms with Gasteiger partial charge in [0.1, 0.15) is 0 Å². The number of hydrogen-bond donors (Lipinski definition) is 2. The molecule has 0 saturated carbocycles. The van der Waals surface area contributed by atoms with Crippen LogP contribution in [0.2, 0.25) is 0 Å². The van der Waals surface area contributed by atoms with Crippen molar-refractivity contribution in [1.82, 2.24) is 10.2 Å². The standard InChI is InChI=1S/C14H26N2O4/c1-3-16(10-11(2)14(18)19)13(17)6-9-20-12-4-7-15-8-5-12/h11-12,15H,3-10H2,1-2H3,(H,18,19). The van der Waals surface area contributed by atoms with Crippen molar-refractivity contribution < 1.29 is 19.4 Å². The van der Waals surface area contributed by atoms with E-state index in [1.165, 1.54) is 0 Å².